The first-order valence-electron chi connectivity index (χ1n) is 6.53. The van der Waals surface area contributed by atoms with E-state index in [9.17, 15) is 4.79 Å². The van der Waals surface area contributed by atoms with Crippen LogP contribution in [0.4, 0.5) is 10.5 Å². The third-order valence-electron chi connectivity index (χ3n) is 2.47. The van der Waals surface area contributed by atoms with Gasteiger partial charge in [-0.2, -0.15) is 0 Å². The smallest absolute Gasteiger partial charge is 0.412 e. The number of methoxy groups -OCH3 is 1. The summed E-state index contributed by atoms with van der Waals surface area (Å²) < 4.78 is 10.4. The average Bonchev–Trinajstić information content (AvgIpc) is 2.37. The Morgan fingerprint density at radius 3 is 2.71 bits per heavy atom. The van der Waals surface area contributed by atoms with E-state index >= 15 is 0 Å². The lowest BCUT2D eigenvalue weighted by Gasteiger charge is -2.20. The Hall–Kier alpha value is -2.40. The van der Waals surface area contributed by atoms with Crippen molar-refractivity contribution in [2.24, 2.45) is 5.11 Å². The normalized spacial score (nSPS) is 10.5. The number of nitrogens with zero attached hydrogens (tertiary/aromatic N) is 3. The third kappa shape index (κ3) is 6.05. The van der Waals surface area contributed by atoms with Crippen molar-refractivity contribution in [1.82, 2.24) is 0 Å². The quantitative estimate of drug-likeness (QED) is 0.506. The van der Waals surface area contributed by atoms with Crippen LogP contribution in [0.25, 0.3) is 10.4 Å². The highest BCUT2D eigenvalue weighted by Crippen LogP contribution is 2.23. The number of azide groups is 1. The maximum absolute atomic E-state index is 11.7. The van der Waals surface area contributed by atoms with Gasteiger partial charge in [-0.3, -0.25) is 5.32 Å². The minimum Gasteiger partial charge on any atom is -0.496 e. The molecule has 114 valence electrons. The molecule has 0 aliphatic heterocycles. The zero-order chi connectivity index (χ0) is 15.9. The van der Waals surface area contributed by atoms with Crippen LogP contribution in [0.15, 0.2) is 23.3 Å². The predicted octanol–water partition coefficient (Wildman–Crippen LogP) is 3.90. The second kappa shape index (κ2) is 7.40. The molecule has 0 aromatic heterocycles. The molecular weight excluding hydrogens is 272 g/mol. The van der Waals surface area contributed by atoms with Gasteiger partial charge in [-0.1, -0.05) is 5.11 Å². The van der Waals surface area contributed by atoms with Crippen molar-refractivity contribution < 1.29 is 14.3 Å². The van der Waals surface area contributed by atoms with Crippen LogP contribution in [-0.2, 0) is 11.2 Å². The Labute approximate surface area is 123 Å². The number of rotatable bonds is 5. The average molecular weight is 292 g/mol. The topological polar surface area (TPSA) is 96.3 Å². The molecule has 0 heterocycles. The van der Waals surface area contributed by atoms with E-state index in [4.69, 9.17) is 15.0 Å². The first kappa shape index (κ1) is 16.7. The minimum atomic E-state index is -0.555. The number of amides is 1. The summed E-state index contributed by atoms with van der Waals surface area (Å²) in [5.41, 5.74) is 9.20. The van der Waals surface area contributed by atoms with Crippen LogP contribution in [0.3, 0.4) is 0 Å². The molecule has 0 aliphatic carbocycles. The molecule has 1 aromatic carbocycles. The molecule has 0 radical (unpaired) electrons. The van der Waals surface area contributed by atoms with Gasteiger partial charge in [0.15, 0.2) is 0 Å². The van der Waals surface area contributed by atoms with Crippen LogP contribution in [0.5, 0.6) is 5.75 Å². The highest BCUT2D eigenvalue weighted by Gasteiger charge is 2.16. The number of ether oxygens (including phenoxy) is 2. The van der Waals surface area contributed by atoms with Crippen LogP contribution in [-0.4, -0.2) is 25.3 Å². The van der Waals surface area contributed by atoms with Crippen molar-refractivity contribution in [3.05, 3.63) is 34.2 Å². The fourth-order valence-electron chi connectivity index (χ4n) is 1.69. The first-order chi connectivity index (χ1) is 9.85. The largest absolute Gasteiger partial charge is 0.496 e. The van der Waals surface area contributed by atoms with Crippen LogP contribution in [0.2, 0.25) is 0 Å². The van der Waals surface area contributed by atoms with Gasteiger partial charge >= 0.3 is 6.09 Å². The third-order valence-corrected chi connectivity index (χ3v) is 2.47. The van der Waals surface area contributed by atoms with E-state index in [-0.39, 0.29) is 0 Å². The number of hydrogen-bond donors (Lipinski definition) is 1. The standard InChI is InChI=1S/C14H20N4O3/c1-14(2,3)21-13(19)17-11-5-6-12(20-4)10(9-11)7-8-16-18-15/h5-6,9H,7-8H2,1-4H3,(H,17,19). The predicted molar refractivity (Wildman–Crippen MR) is 80.6 cm³/mol. The Morgan fingerprint density at radius 1 is 1.43 bits per heavy atom. The minimum absolute atomic E-state index is 0.322. The summed E-state index contributed by atoms with van der Waals surface area (Å²) in [6, 6.07) is 5.24. The van der Waals surface area contributed by atoms with Crippen LogP contribution in [0, 0.1) is 0 Å². The van der Waals surface area contributed by atoms with Gasteiger partial charge in [0.2, 0.25) is 0 Å². The Morgan fingerprint density at radius 2 is 2.14 bits per heavy atom. The molecule has 0 saturated heterocycles. The molecule has 1 rings (SSSR count). The van der Waals surface area contributed by atoms with Crippen molar-refractivity contribution >= 4 is 11.8 Å². The molecule has 7 heteroatoms. The fourth-order valence-corrected chi connectivity index (χ4v) is 1.69. The Bertz CT molecular complexity index is 546. The van der Waals surface area contributed by atoms with Crippen molar-refractivity contribution in [2.45, 2.75) is 32.8 Å². The zero-order valence-electron chi connectivity index (χ0n) is 12.7. The number of anilines is 1. The van der Waals surface area contributed by atoms with Crippen molar-refractivity contribution in [2.75, 3.05) is 19.0 Å². The van der Waals surface area contributed by atoms with E-state index in [0.717, 1.165) is 5.56 Å². The van der Waals surface area contributed by atoms with Gasteiger partial charge in [-0.05, 0) is 56.5 Å². The van der Waals surface area contributed by atoms with E-state index < -0.39 is 11.7 Å². The molecule has 1 aromatic rings. The van der Waals surface area contributed by atoms with Gasteiger partial charge < -0.3 is 9.47 Å². The monoisotopic (exact) mass is 292 g/mol. The molecule has 21 heavy (non-hydrogen) atoms. The van der Waals surface area contributed by atoms with E-state index in [2.05, 4.69) is 15.3 Å². The number of carbonyl (C=O) groups is 1. The zero-order valence-corrected chi connectivity index (χ0v) is 12.7. The molecule has 1 amide bonds. The van der Waals surface area contributed by atoms with Crippen LogP contribution >= 0.6 is 0 Å². The van der Waals surface area contributed by atoms with Gasteiger partial charge in [-0.15, -0.1) is 0 Å². The summed E-state index contributed by atoms with van der Waals surface area (Å²) in [6.45, 7) is 5.71. The SMILES string of the molecule is COc1ccc(NC(=O)OC(C)(C)C)cc1CCN=[N+]=[N-]. The Balaban J connectivity index is 2.81. The highest BCUT2D eigenvalue weighted by molar-refractivity contribution is 5.85. The molecule has 0 bridgehead atoms. The maximum atomic E-state index is 11.7. The van der Waals surface area contributed by atoms with Gasteiger partial charge in [-0.25, -0.2) is 4.79 Å². The molecular formula is C14H20N4O3. The van der Waals surface area contributed by atoms with Gasteiger partial charge in [0, 0.05) is 17.1 Å². The molecule has 0 aliphatic rings. The molecule has 0 spiro atoms. The molecule has 0 atom stereocenters. The number of nitrogens with one attached hydrogen (secondary N) is 1. The molecule has 0 fully saturated rings. The lowest BCUT2D eigenvalue weighted by atomic mass is 10.1. The Kier molecular flexibility index (Phi) is 5.87. The van der Waals surface area contributed by atoms with Crippen molar-refractivity contribution in [3.63, 3.8) is 0 Å². The van der Waals surface area contributed by atoms with Gasteiger partial charge in [0.05, 0.1) is 7.11 Å². The van der Waals surface area contributed by atoms with E-state index in [0.29, 0.717) is 24.4 Å². The number of carbonyl (C=O) groups excluding carboxylic acids is 1. The summed E-state index contributed by atoms with van der Waals surface area (Å²) in [5.74, 6) is 0.679. The summed E-state index contributed by atoms with van der Waals surface area (Å²) >= 11 is 0. The molecule has 1 N–H and O–H groups in total. The molecule has 7 nitrogen and oxygen atoms in total. The highest BCUT2D eigenvalue weighted by atomic mass is 16.6. The number of benzene rings is 1. The summed E-state index contributed by atoms with van der Waals surface area (Å²) in [6.07, 6.45) is 0.00512. The number of hydrogen-bond acceptors (Lipinski definition) is 4. The van der Waals surface area contributed by atoms with E-state index in [1.807, 2.05) is 0 Å². The first-order valence-corrected chi connectivity index (χ1v) is 6.53. The fraction of sp³-hybridized carbons (Fsp3) is 0.500. The maximum Gasteiger partial charge on any atom is 0.412 e. The molecule has 0 saturated carbocycles. The van der Waals surface area contributed by atoms with Crippen LogP contribution < -0.4 is 10.1 Å². The second-order valence-electron chi connectivity index (χ2n) is 5.36. The molecule has 0 unspecified atom stereocenters. The lowest BCUT2D eigenvalue weighted by molar-refractivity contribution is 0.0636. The van der Waals surface area contributed by atoms with Crippen LogP contribution in [0.1, 0.15) is 26.3 Å². The second-order valence-corrected chi connectivity index (χ2v) is 5.36. The lowest BCUT2D eigenvalue weighted by Crippen LogP contribution is -2.27. The summed E-state index contributed by atoms with van der Waals surface area (Å²) in [5, 5.41) is 6.15. The van der Waals surface area contributed by atoms with E-state index in [1.54, 1.807) is 46.1 Å². The van der Waals surface area contributed by atoms with Crippen molar-refractivity contribution in [3.8, 4) is 5.75 Å². The van der Waals surface area contributed by atoms with Gasteiger partial charge in [0.25, 0.3) is 0 Å². The van der Waals surface area contributed by atoms with E-state index in [1.165, 1.54) is 0 Å². The summed E-state index contributed by atoms with van der Waals surface area (Å²) in [7, 11) is 1.56. The van der Waals surface area contributed by atoms with Crippen molar-refractivity contribution in [1.29, 1.82) is 0 Å². The van der Waals surface area contributed by atoms with Gasteiger partial charge in [0.1, 0.15) is 11.4 Å². The summed E-state index contributed by atoms with van der Waals surface area (Å²) in [4.78, 5) is 14.4.